The smallest absolute Gasteiger partial charge is 0.220 e. The zero-order valence-electron chi connectivity index (χ0n) is 30.7. The van der Waals surface area contributed by atoms with Gasteiger partial charge in [0.15, 0.2) is 22.8 Å². The quantitative estimate of drug-likeness (QED) is 0.179. The van der Waals surface area contributed by atoms with E-state index in [-0.39, 0.29) is 37.2 Å². The monoisotopic (exact) mass is 784 g/mol. The van der Waals surface area contributed by atoms with E-state index in [0.29, 0.717) is 11.8 Å². The number of fused-ring (bicyclic) bond motifs is 4. The second-order valence-electron chi connectivity index (χ2n) is 14.6. The molecule has 0 radical (unpaired) electrons. The summed E-state index contributed by atoms with van der Waals surface area (Å²) >= 11 is 0.362. The van der Waals surface area contributed by atoms with E-state index in [1.54, 1.807) is 13.8 Å². The lowest BCUT2D eigenvalue weighted by Crippen LogP contribution is -2.79. The predicted octanol–water partition coefficient (Wildman–Crippen LogP) is 1.91. The van der Waals surface area contributed by atoms with Gasteiger partial charge < -0.3 is 50.8 Å². The van der Waals surface area contributed by atoms with Crippen LogP contribution < -0.4 is 20.9 Å². The summed E-state index contributed by atoms with van der Waals surface area (Å²) in [6, 6.07) is 4.53. The molecule has 0 saturated carbocycles. The minimum atomic E-state index is -2.93. The molecule has 2 aromatic carbocycles. The molecule has 296 valence electrons. The van der Waals surface area contributed by atoms with Gasteiger partial charge in [-0.05, 0) is 37.8 Å². The molecule has 16 nitrogen and oxygen atoms in total. The first-order chi connectivity index (χ1) is 25.9. The molecule has 8 atom stereocenters. The van der Waals surface area contributed by atoms with Crippen molar-refractivity contribution in [2.24, 2.45) is 11.5 Å². The molecule has 2 aromatic rings. The third-order valence-electron chi connectivity index (χ3n) is 11.2. The number of rotatable bonds is 12. The normalized spacial score (nSPS) is 32.5. The molecule has 2 amide bonds. The number of aliphatic hydroxyl groups is 2. The first-order valence-electron chi connectivity index (χ1n) is 17.9. The molecule has 0 spiro atoms. The topological polar surface area (TPSA) is 272 Å². The summed E-state index contributed by atoms with van der Waals surface area (Å²) in [5, 5.41) is 48.6. The van der Waals surface area contributed by atoms with Gasteiger partial charge in [0, 0.05) is 23.3 Å². The maximum Gasteiger partial charge on any atom is 0.220 e. The lowest BCUT2D eigenvalue weighted by atomic mass is 9.62. The second-order valence-corrected chi connectivity index (χ2v) is 16.2. The Labute approximate surface area is 319 Å². The van der Waals surface area contributed by atoms with Crippen LogP contribution in [-0.4, -0.2) is 115 Å². The van der Waals surface area contributed by atoms with E-state index in [9.17, 15) is 39.6 Å². The van der Waals surface area contributed by atoms with Gasteiger partial charge in [-0.15, -0.1) is 11.8 Å². The van der Waals surface area contributed by atoms with E-state index in [1.165, 1.54) is 26.4 Å². The largest absolute Gasteiger partial charge is 0.507 e. The number of benzene rings is 2. The molecule has 0 unspecified atom stereocenters. The van der Waals surface area contributed by atoms with Gasteiger partial charge in [-0.2, -0.15) is 0 Å². The van der Waals surface area contributed by atoms with Gasteiger partial charge >= 0.3 is 0 Å². The van der Waals surface area contributed by atoms with Crippen molar-refractivity contribution in [2.45, 2.75) is 110 Å². The Morgan fingerprint density at radius 2 is 1.07 bits per heavy atom. The van der Waals surface area contributed by atoms with Gasteiger partial charge in [0.05, 0.1) is 62.6 Å². The number of ether oxygens (including phenoxy) is 4. The second kappa shape index (κ2) is 14.2. The molecule has 0 aromatic heterocycles. The number of carbonyl (C=O) groups excluding carboxylic acids is 6. The third kappa shape index (κ3) is 5.73. The number of aromatic hydroxyl groups is 2. The fourth-order valence-corrected chi connectivity index (χ4v) is 11.2. The average Bonchev–Trinajstić information content (AvgIpc) is 3.12. The van der Waals surface area contributed by atoms with E-state index >= 15 is 9.59 Å². The van der Waals surface area contributed by atoms with Crippen molar-refractivity contribution in [3.63, 3.8) is 0 Å². The van der Waals surface area contributed by atoms with E-state index in [1.807, 2.05) is 0 Å². The van der Waals surface area contributed by atoms with Crippen molar-refractivity contribution in [2.75, 3.05) is 14.2 Å². The minimum Gasteiger partial charge on any atom is -0.507 e. The lowest BCUT2D eigenvalue weighted by Gasteiger charge is -2.62. The maximum atomic E-state index is 15.5. The van der Waals surface area contributed by atoms with Gasteiger partial charge in [0.1, 0.15) is 32.5 Å². The van der Waals surface area contributed by atoms with E-state index in [2.05, 4.69) is 0 Å². The standard InChI is InChI=1S/C38H44N2O14S/c1-5-7-25-37(49)33(47)29-21(9-17(51-3)11-23(29)41)31(45)35(37,15-19(53-25)13-27(39)43)55-36-16-20(14-28(40)44)54-26(8-6-2)38(36,50)34(48)30-22(32(36)46)10-18(52-4)12-24(30)42/h9-12,19-20,25-26,41-42,49-50H,5-8,13-16H2,1-4H3,(H2,39,43)(H2,40,44)/t19-,20-,25-,26-,35+,36+,37+,38+/m1/s1. The van der Waals surface area contributed by atoms with Crippen molar-refractivity contribution >= 4 is 46.7 Å². The molecule has 0 bridgehead atoms. The van der Waals surface area contributed by atoms with Gasteiger partial charge in [0.25, 0.3) is 0 Å². The third-order valence-corrected chi connectivity index (χ3v) is 13.3. The summed E-state index contributed by atoms with van der Waals surface area (Å²) in [6.45, 7) is 3.43. The molecule has 4 aliphatic rings. The van der Waals surface area contributed by atoms with Crippen LogP contribution in [0, 0.1) is 0 Å². The first kappa shape index (κ1) is 40.1. The van der Waals surface area contributed by atoms with Crippen LogP contribution in [0.1, 0.15) is 107 Å². The molecule has 8 N–H and O–H groups in total. The summed E-state index contributed by atoms with van der Waals surface area (Å²) < 4.78 is 17.9. The summed E-state index contributed by atoms with van der Waals surface area (Å²) in [5.74, 6) is -7.53. The van der Waals surface area contributed by atoms with Crippen LogP contribution in [0.5, 0.6) is 23.0 Å². The number of carbonyl (C=O) groups is 6. The number of primary amides is 2. The number of thioether (sulfide) groups is 1. The molecule has 2 fully saturated rings. The Kier molecular flexibility index (Phi) is 10.4. The van der Waals surface area contributed by atoms with Crippen molar-refractivity contribution in [1.29, 1.82) is 0 Å². The molecule has 2 saturated heterocycles. The van der Waals surface area contributed by atoms with Gasteiger partial charge in [-0.3, -0.25) is 28.8 Å². The highest BCUT2D eigenvalue weighted by molar-refractivity contribution is 8.03. The zero-order chi connectivity index (χ0) is 40.4. The van der Waals surface area contributed by atoms with Crippen LogP contribution >= 0.6 is 11.8 Å². The number of Topliss-reactive ketones (excluding diaryl/α,β-unsaturated/α-hetero) is 4. The molecule has 17 heteroatoms. The summed E-state index contributed by atoms with van der Waals surface area (Å²) in [6.07, 6.45) is -7.55. The fraction of sp³-hybridized carbons (Fsp3) is 0.526. The molecule has 6 rings (SSSR count). The number of phenols is 2. The Morgan fingerprint density at radius 1 is 0.709 bits per heavy atom. The lowest BCUT2D eigenvalue weighted by molar-refractivity contribution is -0.175. The molecule has 2 aliphatic heterocycles. The van der Waals surface area contributed by atoms with Gasteiger partial charge in [-0.25, -0.2) is 0 Å². The highest BCUT2D eigenvalue weighted by Gasteiger charge is 2.78. The van der Waals surface area contributed by atoms with E-state index in [4.69, 9.17) is 30.4 Å². The van der Waals surface area contributed by atoms with E-state index in [0.717, 1.165) is 12.1 Å². The van der Waals surface area contributed by atoms with Crippen LogP contribution in [-0.2, 0) is 19.1 Å². The Hall–Kier alpha value is -4.55. The number of ketones is 4. The van der Waals surface area contributed by atoms with Crippen molar-refractivity contribution < 1.29 is 68.1 Å². The predicted molar refractivity (Wildman–Crippen MR) is 194 cm³/mol. The molecular formula is C38H44N2O14S. The van der Waals surface area contributed by atoms with Crippen LogP contribution in [0.15, 0.2) is 24.3 Å². The maximum absolute atomic E-state index is 15.5. The zero-order valence-corrected chi connectivity index (χ0v) is 31.5. The number of hydrogen-bond donors (Lipinski definition) is 6. The average molecular weight is 785 g/mol. The fourth-order valence-electron chi connectivity index (χ4n) is 8.91. The Morgan fingerprint density at radius 3 is 1.38 bits per heavy atom. The molecular weight excluding hydrogens is 740 g/mol. The van der Waals surface area contributed by atoms with Gasteiger partial charge in [-0.1, -0.05) is 26.7 Å². The summed E-state index contributed by atoms with van der Waals surface area (Å²) in [4.78, 5) is 85.8. The summed E-state index contributed by atoms with van der Waals surface area (Å²) in [7, 11) is 2.51. The number of phenolic OH excluding ortho intramolecular Hbond substituents is 2. The van der Waals surface area contributed by atoms with Crippen LogP contribution in [0.25, 0.3) is 0 Å². The highest BCUT2D eigenvalue weighted by atomic mass is 32.2. The number of methoxy groups -OCH3 is 2. The van der Waals surface area contributed by atoms with Crippen LogP contribution in [0.2, 0.25) is 0 Å². The molecule has 55 heavy (non-hydrogen) atoms. The van der Waals surface area contributed by atoms with E-state index < -0.39 is 139 Å². The molecule has 2 heterocycles. The first-order valence-corrected chi connectivity index (χ1v) is 18.8. The number of amides is 2. The Bertz CT molecular complexity index is 1870. The van der Waals surface area contributed by atoms with Crippen LogP contribution in [0.4, 0.5) is 0 Å². The summed E-state index contributed by atoms with van der Waals surface area (Å²) in [5.41, 5.74) is 3.47. The van der Waals surface area contributed by atoms with Crippen molar-refractivity contribution in [1.82, 2.24) is 0 Å². The van der Waals surface area contributed by atoms with Gasteiger partial charge in [0.2, 0.25) is 23.4 Å². The Balaban J connectivity index is 1.74. The van der Waals surface area contributed by atoms with Crippen LogP contribution in [0.3, 0.4) is 0 Å². The number of nitrogens with two attached hydrogens (primary N) is 2. The number of hydrogen-bond acceptors (Lipinski definition) is 15. The molecule has 2 aliphatic carbocycles. The highest BCUT2D eigenvalue weighted by Crippen LogP contribution is 2.65. The SMILES string of the molecule is CCC[C@H]1O[C@H](CC(N)=O)C[C@]2(S[C@]34C[C@@H](CC(N)=O)O[C@H](CCC)[C@]3(O)C(=O)c3c(O)cc(OC)cc3C4=O)C(=O)c3cc(OC)cc(O)c3C(=O)[C@@]12O. The van der Waals surface area contributed by atoms with Crippen molar-refractivity contribution in [3.8, 4) is 23.0 Å². The van der Waals surface area contributed by atoms with Crippen molar-refractivity contribution in [3.05, 3.63) is 46.5 Å². The minimum absolute atomic E-state index is 0.0421.